The van der Waals surface area contributed by atoms with Crippen LogP contribution in [0.3, 0.4) is 0 Å². The molecule has 1 aliphatic heterocycles. The molecule has 0 saturated carbocycles. The lowest BCUT2D eigenvalue weighted by molar-refractivity contribution is -0.132. The van der Waals surface area contributed by atoms with E-state index < -0.39 is 5.92 Å². The van der Waals surface area contributed by atoms with Crippen LogP contribution in [0.15, 0.2) is 54.6 Å². The minimum atomic E-state index is -0.600. The van der Waals surface area contributed by atoms with Gasteiger partial charge in [0, 0.05) is 25.3 Å². The lowest BCUT2D eigenvalue weighted by Crippen LogP contribution is -2.37. The van der Waals surface area contributed by atoms with E-state index in [1.165, 1.54) is 0 Å². The lowest BCUT2D eigenvalue weighted by atomic mass is 10.1. The van der Waals surface area contributed by atoms with Gasteiger partial charge in [-0.3, -0.25) is 9.59 Å². The molecule has 7 nitrogen and oxygen atoms in total. The van der Waals surface area contributed by atoms with E-state index in [2.05, 4.69) is 15.6 Å². The standard InChI is InChI=1S/C20H21N5O2/c26-19(16-11-14-24(20(16)27)15-7-2-1-3-8-15)21-12-6-13-25-18-10-5-4-9-17(18)22-23-25/h1-5,7-10,16H,6,11-14H2,(H,21,26)/t16-/m0/s1. The maximum absolute atomic E-state index is 12.6. The van der Waals surface area contributed by atoms with Gasteiger partial charge in [0.2, 0.25) is 11.8 Å². The largest absolute Gasteiger partial charge is 0.355 e. The number of carbonyl (C=O) groups is 2. The second kappa shape index (κ2) is 7.57. The first-order chi connectivity index (χ1) is 13.2. The second-order valence-corrected chi connectivity index (χ2v) is 6.61. The third kappa shape index (κ3) is 3.53. The highest BCUT2D eigenvalue weighted by Crippen LogP contribution is 2.25. The van der Waals surface area contributed by atoms with E-state index in [9.17, 15) is 9.59 Å². The van der Waals surface area contributed by atoms with Crippen LogP contribution in [0.2, 0.25) is 0 Å². The number of amides is 2. The van der Waals surface area contributed by atoms with Gasteiger partial charge < -0.3 is 10.2 Å². The molecule has 0 radical (unpaired) electrons. The molecule has 0 unspecified atom stereocenters. The number of aromatic nitrogens is 3. The van der Waals surface area contributed by atoms with Crippen LogP contribution in [0, 0.1) is 5.92 Å². The van der Waals surface area contributed by atoms with Crippen molar-refractivity contribution in [1.29, 1.82) is 0 Å². The molecular formula is C20H21N5O2. The molecule has 2 heterocycles. The SMILES string of the molecule is O=C(NCCCn1nnc2ccccc21)[C@@H]1CCN(c2ccccc2)C1=O. The zero-order chi connectivity index (χ0) is 18.6. The monoisotopic (exact) mass is 363 g/mol. The van der Waals surface area contributed by atoms with E-state index in [-0.39, 0.29) is 11.8 Å². The number of nitrogens with one attached hydrogen (secondary N) is 1. The molecule has 0 bridgehead atoms. The number of rotatable bonds is 6. The van der Waals surface area contributed by atoms with Crippen LogP contribution in [-0.4, -0.2) is 39.9 Å². The van der Waals surface area contributed by atoms with Crippen LogP contribution < -0.4 is 10.2 Å². The normalized spacial score (nSPS) is 16.8. The van der Waals surface area contributed by atoms with Crippen molar-refractivity contribution in [3.63, 3.8) is 0 Å². The summed E-state index contributed by atoms with van der Waals surface area (Å²) in [7, 11) is 0. The fraction of sp³-hybridized carbons (Fsp3) is 0.300. The Morgan fingerprint density at radius 3 is 2.74 bits per heavy atom. The van der Waals surface area contributed by atoms with Crippen molar-refractivity contribution >= 4 is 28.5 Å². The summed E-state index contributed by atoms with van der Waals surface area (Å²) in [6, 6.07) is 17.3. The molecular weight excluding hydrogens is 342 g/mol. The van der Waals surface area contributed by atoms with Crippen LogP contribution >= 0.6 is 0 Å². The summed E-state index contributed by atoms with van der Waals surface area (Å²) in [6.45, 7) is 1.74. The molecule has 1 aromatic heterocycles. The topological polar surface area (TPSA) is 80.1 Å². The highest BCUT2D eigenvalue weighted by molar-refractivity contribution is 6.09. The van der Waals surface area contributed by atoms with Gasteiger partial charge in [0.05, 0.1) is 5.52 Å². The molecule has 138 valence electrons. The Labute approximate surface area is 157 Å². The summed E-state index contributed by atoms with van der Waals surface area (Å²) >= 11 is 0. The molecule has 0 spiro atoms. The van der Waals surface area contributed by atoms with Crippen molar-refractivity contribution in [1.82, 2.24) is 20.3 Å². The van der Waals surface area contributed by atoms with Gasteiger partial charge in [-0.1, -0.05) is 35.5 Å². The maximum atomic E-state index is 12.6. The minimum absolute atomic E-state index is 0.124. The van der Waals surface area contributed by atoms with Gasteiger partial charge in [-0.05, 0) is 37.1 Å². The Kier molecular flexibility index (Phi) is 4.82. The predicted molar refractivity (Wildman–Crippen MR) is 102 cm³/mol. The molecule has 27 heavy (non-hydrogen) atoms. The molecule has 4 rings (SSSR count). The van der Waals surface area contributed by atoms with Gasteiger partial charge in [0.1, 0.15) is 11.4 Å². The summed E-state index contributed by atoms with van der Waals surface area (Å²) in [5, 5.41) is 11.1. The van der Waals surface area contributed by atoms with E-state index >= 15 is 0 Å². The number of benzene rings is 2. The molecule has 2 aromatic carbocycles. The van der Waals surface area contributed by atoms with Crippen LogP contribution in [0.4, 0.5) is 5.69 Å². The van der Waals surface area contributed by atoms with Gasteiger partial charge in [-0.25, -0.2) is 4.68 Å². The Balaban J connectivity index is 1.28. The van der Waals surface area contributed by atoms with Crippen molar-refractivity contribution < 1.29 is 9.59 Å². The molecule has 3 aromatic rings. The fourth-order valence-electron chi connectivity index (χ4n) is 3.43. The summed E-state index contributed by atoms with van der Waals surface area (Å²) in [6.07, 6.45) is 1.27. The molecule has 1 saturated heterocycles. The van der Waals surface area contributed by atoms with Gasteiger partial charge in [-0.15, -0.1) is 5.10 Å². The van der Waals surface area contributed by atoms with Crippen LogP contribution in [0.25, 0.3) is 11.0 Å². The Morgan fingerprint density at radius 1 is 1.11 bits per heavy atom. The smallest absolute Gasteiger partial charge is 0.239 e. The van der Waals surface area contributed by atoms with Gasteiger partial charge >= 0.3 is 0 Å². The van der Waals surface area contributed by atoms with Crippen molar-refractivity contribution in [2.45, 2.75) is 19.4 Å². The first-order valence-corrected chi connectivity index (χ1v) is 9.16. The van der Waals surface area contributed by atoms with Crippen molar-refractivity contribution in [3.05, 3.63) is 54.6 Å². The summed E-state index contributed by atoms with van der Waals surface area (Å²) < 4.78 is 1.83. The molecule has 1 aliphatic rings. The van der Waals surface area contributed by atoms with Crippen molar-refractivity contribution in [2.75, 3.05) is 18.0 Å². The van der Waals surface area contributed by atoms with Crippen LogP contribution in [-0.2, 0) is 16.1 Å². The van der Waals surface area contributed by atoms with E-state index in [1.54, 1.807) is 4.90 Å². The minimum Gasteiger partial charge on any atom is -0.355 e. The highest BCUT2D eigenvalue weighted by Gasteiger charge is 2.37. The third-order valence-corrected chi connectivity index (χ3v) is 4.86. The van der Waals surface area contributed by atoms with Crippen molar-refractivity contribution in [2.24, 2.45) is 5.92 Å². The first-order valence-electron chi connectivity index (χ1n) is 9.16. The summed E-state index contributed by atoms with van der Waals surface area (Å²) in [4.78, 5) is 26.7. The highest BCUT2D eigenvalue weighted by atomic mass is 16.2. The number of aryl methyl sites for hydroxylation is 1. The second-order valence-electron chi connectivity index (χ2n) is 6.61. The number of hydrogen-bond donors (Lipinski definition) is 1. The van der Waals surface area contributed by atoms with Gasteiger partial charge in [-0.2, -0.15) is 0 Å². The number of nitrogens with zero attached hydrogens (tertiary/aromatic N) is 4. The number of para-hydroxylation sites is 2. The van der Waals surface area contributed by atoms with E-state index in [0.29, 0.717) is 26.1 Å². The van der Waals surface area contributed by atoms with Crippen LogP contribution in [0.1, 0.15) is 12.8 Å². The molecule has 1 fully saturated rings. The number of fused-ring (bicyclic) bond motifs is 1. The van der Waals surface area contributed by atoms with Crippen molar-refractivity contribution in [3.8, 4) is 0 Å². The third-order valence-electron chi connectivity index (χ3n) is 4.86. The zero-order valence-electron chi connectivity index (χ0n) is 14.9. The van der Waals surface area contributed by atoms with E-state index in [4.69, 9.17) is 0 Å². The van der Waals surface area contributed by atoms with Gasteiger partial charge in [0.15, 0.2) is 0 Å². The zero-order valence-corrected chi connectivity index (χ0v) is 14.9. The predicted octanol–water partition coefficient (Wildman–Crippen LogP) is 1.99. The quantitative estimate of drug-likeness (QED) is 0.536. The van der Waals surface area contributed by atoms with Crippen LogP contribution in [0.5, 0.6) is 0 Å². The Bertz CT molecular complexity index is 953. The van der Waals surface area contributed by atoms with E-state index in [1.807, 2.05) is 59.3 Å². The first kappa shape index (κ1) is 17.2. The molecule has 1 atom stereocenters. The van der Waals surface area contributed by atoms with Gasteiger partial charge in [0.25, 0.3) is 0 Å². The summed E-state index contributed by atoms with van der Waals surface area (Å²) in [5.74, 6) is -0.916. The lowest BCUT2D eigenvalue weighted by Gasteiger charge is -2.16. The number of hydrogen-bond acceptors (Lipinski definition) is 4. The molecule has 1 N–H and O–H groups in total. The maximum Gasteiger partial charge on any atom is 0.239 e. The molecule has 2 amide bonds. The summed E-state index contributed by atoms with van der Waals surface area (Å²) in [5.41, 5.74) is 2.68. The molecule has 7 heteroatoms. The average Bonchev–Trinajstić information content (AvgIpc) is 3.29. The number of carbonyl (C=O) groups excluding carboxylic acids is 2. The number of anilines is 1. The molecule has 0 aliphatic carbocycles. The van der Waals surface area contributed by atoms with E-state index in [0.717, 1.165) is 23.1 Å². The Hall–Kier alpha value is -3.22. The fourth-order valence-corrected chi connectivity index (χ4v) is 3.43. The Morgan fingerprint density at radius 2 is 1.89 bits per heavy atom. The average molecular weight is 363 g/mol.